The van der Waals surface area contributed by atoms with E-state index in [9.17, 15) is 14.0 Å². The van der Waals surface area contributed by atoms with Gasteiger partial charge in [-0.05, 0) is 18.2 Å². The Kier molecular flexibility index (Phi) is 3.92. The third-order valence-corrected chi connectivity index (χ3v) is 3.92. The fourth-order valence-corrected chi connectivity index (χ4v) is 2.93. The summed E-state index contributed by atoms with van der Waals surface area (Å²) < 4.78 is 13.3. The average Bonchev–Trinajstić information content (AvgIpc) is 2.62. The van der Waals surface area contributed by atoms with E-state index in [1.807, 2.05) is 0 Å². The van der Waals surface area contributed by atoms with Crippen molar-refractivity contribution in [3.63, 3.8) is 0 Å². The van der Waals surface area contributed by atoms with Crippen LogP contribution in [0, 0.1) is 5.82 Å². The van der Waals surface area contributed by atoms with Crippen molar-refractivity contribution < 1.29 is 14.0 Å². The topological polar surface area (TPSA) is 37.4 Å². The van der Waals surface area contributed by atoms with E-state index in [1.54, 1.807) is 6.07 Å². The van der Waals surface area contributed by atoms with Gasteiger partial charge in [0, 0.05) is 30.8 Å². The number of rotatable bonds is 2. The molecule has 1 atom stereocenters. The Hall–Kier alpha value is -1.07. The Morgan fingerprint density at radius 1 is 1.56 bits per heavy atom. The summed E-state index contributed by atoms with van der Waals surface area (Å²) in [5.74, 6) is -0.653. The van der Waals surface area contributed by atoms with Crippen LogP contribution in [0.2, 0.25) is 5.02 Å². The normalized spacial score (nSPS) is 19.4. The Morgan fingerprint density at radius 2 is 2.28 bits per heavy atom. The SMILES string of the molecule is CC(=O)SC1CC(=O)N(c2ccc(Cl)c(F)c2)C1. The maximum Gasteiger partial charge on any atom is 0.228 e. The van der Waals surface area contributed by atoms with Crippen LogP contribution < -0.4 is 4.90 Å². The second-order valence-corrected chi connectivity index (χ2v) is 5.92. The zero-order valence-electron chi connectivity index (χ0n) is 9.65. The summed E-state index contributed by atoms with van der Waals surface area (Å²) in [5, 5.41) is -0.0502. The molecule has 1 aliphatic heterocycles. The second kappa shape index (κ2) is 5.28. The van der Waals surface area contributed by atoms with E-state index in [-0.39, 0.29) is 21.3 Å². The van der Waals surface area contributed by atoms with Gasteiger partial charge in [0.25, 0.3) is 0 Å². The molecule has 0 aliphatic carbocycles. The zero-order chi connectivity index (χ0) is 13.3. The van der Waals surface area contributed by atoms with Crippen LogP contribution in [0.15, 0.2) is 18.2 Å². The Bertz CT molecular complexity index is 509. The van der Waals surface area contributed by atoms with E-state index in [1.165, 1.54) is 24.0 Å². The monoisotopic (exact) mass is 287 g/mol. The van der Waals surface area contributed by atoms with Crippen molar-refractivity contribution in [3.8, 4) is 0 Å². The number of anilines is 1. The molecule has 2 rings (SSSR count). The number of hydrogen-bond donors (Lipinski definition) is 0. The molecule has 1 fully saturated rings. The molecule has 3 nitrogen and oxygen atoms in total. The van der Waals surface area contributed by atoms with Gasteiger partial charge in [-0.15, -0.1) is 0 Å². The summed E-state index contributed by atoms with van der Waals surface area (Å²) in [4.78, 5) is 24.3. The smallest absolute Gasteiger partial charge is 0.228 e. The summed E-state index contributed by atoms with van der Waals surface area (Å²) in [7, 11) is 0. The lowest BCUT2D eigenvalue weighted by atomic mass is 10.3. The number of amides is 1. The molecule has 1 aromatic rings. The number of nitrogens with zero attached hydrogens (tertiary/aromatic N) is 1. The van der Waals surface area contributed by atoms with Crippen molar-refractivity contribution in [1.29, 1.82) is 0 Å². The van der Waals surface area contributed by atoms with Crippen LogP contribution >= 0.6 is 23.4 Å². The highest BCUT2D eigenvalue weighted by atomic mass is 35.5. The molecule has 0 spiro atoms. The molecule has 96 valence electrons. The van der Waals surface area contributed by atoms with Crippen molar-refractivity contribution in [2.45, 2.75) is 18.6 Å². The first-order valence-electron chi connectivity index (χ1n) is 5.40. The summed E-state index contributed by atoms with van der Waals surface area (Å²) >= 11 is 6.74. The molecule has 0 aromatic heterocycles. The van der Waals surface area contributed by atoms with Crippen molar-refractivity contribution in [1.82, 2.24) is 0 Å². The van der Waals surface area contributed by atoms with Crippen molar-refractivity contribution in [3.05, 3.63) is 29.0 Å². The summed E-state index contributed by atoms with van der Waals surface area (Å²) in [6.45, 7) is 1.89. The molecule has 0 saturated carbocycles. The van der Waals surface area contributed by atoms with Gasteiger partial charge in [-0.2, -0.15) is 0 Å². The van der Waals surface area contributed by atoms with E-state index in [4.69, 9.17) is 11.6 Å². The number of halogens is 2. The minimum absolute atomic E-state index is 0.0167. The van der Waals surface area contributed by atoms with E-state index < -0.39 is 5.82 Å². The van der Waals surface area contributed by atoms with Crippen LogP contribution in [-0.4, -0.2) is 22.8 Å². The molecule has 18 heavy (non-hydrogen) atoms. The highest BCUT2D eigenvalue weighted by molar-refractivity contribution is 8.14. The highest BCUT2D eigenvalue weighted by Crippen LogP contribution is 2.30. The van der Waals surface area contributed by atoms with Gasteiger partial charge in [-0.3, -0.25) is 9.59 Å². The molecule has 0 bridgehead atoms. The first kappa shape index (κ1) is 13.4. The first-order valence-corrected chi connectivity index (χ1v) is 6.66. The number of thioether (sulfide) groups is 1. The fourth-order valence-electron chi connectivity index (χ4n) is 1.89. The van der Waals surface area contributed by atoms with Crippen LogP contribution in [-0.2, 0) is 9.59 Å². The van der Waals surface area contributed by atoms with Gasteiger partial charge in [-0.25, -0.2) is 4.39 Å². The zero-order valence-corrected chi connectivity index (χ0v) is 11.2. The molecule has 0 radical (unpaired) electrons. The van der Waals surface area contributed by atoms with Gasteiger partial charge in [0.15, 0.2) is 5.12 Å². The van der Waals surface area contributed by atoms with Gasteiger partial charge in [0.05, 0.1) is 5.02 Å². The van der Waals surface area contributed by atoms with Crippen LogP contribution in [0.1, 0.15) is 13.3 Å². The molecular weight excluding hydrogens is 277 g/mol. The molecule has 1 heterocycles. The number of benzene rings is 1. The largest absolute Gasteiger partial charge is 0.311 e. The Balaban J connectivity index is 2.16. The van der Waals surface area contributed by atoms with E-state index in [0.29, 0.717) is 18.7 Å². The van der Waals surface area contributed by atoms with Crippen molar-refractivity contribution in [2.75, 3.05) is 11.4 Å². The third-order valence-electron chi connectivity index (χ3n) is 2.64. The molecule has 1 unspecified atom stereocenters. The van der Waals surface area contributed by atoms with E-state index in [0.717, 1.165) is 11.8 Å². The number of carbonyl (C=O) groups excluding carboxylic acids is 2. The molecule has 1 amide bonds. The minimum Gasteiger partial charge on any atom is -0.311 e. The summed E-state index contributed by atoms with van der Waals surface area (Å²) in [5.41, 5.74) is 0.480. The maximum atomic E-state index is 13.3. The number of carbonyl (C=O) groups is 2. The van der Waals surface area contributed by atoms with Crippen LogP contribution in [0.25, 0.3) is 0 Å². The lowest BCUT2D eigenvalue weighted by molar-refractivity contribution is -0.117. The summed E-state index contributed by atoms with van der Waals surface area (Å²) in [6, 6.07) is 4.26. The molecule has 6 heteroatoms. The van der Waals surface area contributed by atoms with E-state index >= 15 is 0 Å². The predicted octanol–water partition coefficient (Wildman–Crippen LogP) is 2.86. The first-order chi connectivity index (χ1) is 8.47. The van der Waals surface area contributed by atoms with Crippen LogP contribution in [0.3, 0.4) is 0 Å². The molecule has 1 saturated heterocycles. The van der Waals surface area contributed by atoms with Crippen LogP contribution in [0.5, 0.6) is 0 Å². The second-order valence-electron chi connectivity index (χ2n) is 4.04. The van der Waals surface area contributed by atoms with Crippen LogP contribution in [0.4, 0.5) is 10.1 Å². The Morgan fingerprint density at radius 3 is 2.89 bits per heavy atom. The highest BCUT2D eigenvalue weighted by Gasteiger charge is 2.32. The fraction of sp³-hybridized carbons (Fsp3) is 0.333. The maximum absolute atomic E-state index is 13.3. The quantitative estimate of drug-likeness (QED) is 0.839. The molecule has 1 aliphatic rings. The molecule has 0 N–H and O–H groups in total. The van der Waals surface area contributed by atoms with Crippen molar-refractivity contribution >= 4 is 40.1 Å². The summed E-state index contributed by atoms with van der Waals surface area (Å²) in [6.07, 6.45) is 0.300. The molecular formula is C12H11ClFNO2S. The Labute approximate surface area is 113 Å². The van der Waals surface area contributed by atoms with Gasteiger partial charge in [0.2, 0.25) is 5.91 Å². The van der Waals surface area contributed by atoms with Crippen molar-refractivity contribution in [2.24, 2.45) is 0 Å². The van der Waals surface area contributed by atoms with Gasteiger partial charge < -0.3 is 4.90 Å². The lowest BCUT2D eigenvalue weighted by Crippen LogP contribution is -2.25. The lowest BCUT2D eigenvalue weighted by Gasteiger charge is -2.16. The molecule has 1 aromatic carbocycles. The van der Waals surface area contributed by atoms with E-state index in [2.05, 4.69) is 0 Å². The van der Waals surface area contributed by atoms with Gasteiger partial charge in [0.1, 0.15) is 5.82 Å². The van der Waals surface area contributed by atoms with Gasteiger partial charge in [-0.1, -0.05) is 23.4 Å². The van der Waals surface area contributed by atoms with Gasteiger partial charge >= 0.3 is 0 Å². The average molecular weight is 288 g/mol. The third kappa shape index (κ3) is 2.84. The minimum atomic E-state index is -0.551. The standard InChI is InChI=1S/C12H11ClFNO2S/c1-7(16)18-9-5-12(17)15(6-9)8-2-3-10(13)11(14)4-8/h2-4,9H,5-6H2,1H3. The predicted molar refractivity (Wildman–Crippen MR) is 70.4 cm³/mol. The number of hydrogen-bond acceptors (Lipinski definition) is 3.